The number of urea groups is 1. The van der Waals surface area contributed by atoms with Crippen molar-refractivity contribution in [3.8, 4) is 0 Å². The van der Waals surface area contributed by atoms with Gasteiger partial charge >= 0.3 is 6.03 Å². The lowest BCUT2D eigenvalue weighted by atomic mass is 9.89. The molecule has 4 fully saturated rings. The minimum atomic E-state index is -2.89. The first-order valence-corrected chi connectivity index (χ1v) is 21.6. The van der Waals surface area contributed by atoms with E-state index in [-0.39, 0.29) is 49.5 Å². The monoisotopic (exact) mass is 859 g/mol. The second-order valence-electron chi connectivity index (χ2n) is 16.8. The molecule has 1 aliphatic carbocycles. The van der Waals surface area contributed by atoms with Gasteiger partial charge in [-0.05, 0) is 73.9 Å². The van der Waals surface area contributed by atoms with Gasteiger partial charge in [-0.3, -0.25) is 29.6 Å². The second kappa shape index (κ2) is 16.6. The molecule has 61 heavy (non-hydrogen) atoms. The van der Waals surface area contributed by atoms with Crippen molar-refractivity contribution in [2.45, 2.75) is 81.6 Å². The van der Waals surface area contributed by atoms with Gasteiger partial charge in [-0.15, -0.1) is 5.10 Å². The fourth-order valence-electron chi connectivity index (χ4n) is 9.82. The number of imide groups is 1. The fourth-order valence-corrected chi connectivity index (χ4v) is 10.0. The number of imidazole rings is 1. The minimum absolute atomic E-state index is 0.00333. The van der Waals surface area contributed by atoms with Crippen LogP contribution in [0.2, 0.25) is 5.02 Å². The second-order valence-corrected chi connectivity index (χ2v) is 17.2. The molecule has 15 nitrogen and oxygen atoms in total. The molecule has 9 rings (SSSR count). The van der Waals surface area contributed by atoms with Crippen LogP contribution in [0.25, 0.3) is 5.65 Å². The number of carbonyl (C=O) groups excluding carboxylic acids is 3. The lowest BCUT2D eigenvalue weighted by Crippen LogP contribution is -2.60. The van der Waals surface area contributed by atoms with Crippen molar-refractivity contribution < 1.29 is 27.9 Å². The van der Waals surface area contributed by atoms with Crippen LogP contribution in [0.3, 0.4) is 0 Å². The van der Waals surface area contributed by atoms with E-state index in [0.717, 1.165) is 60.3 Å². The summed E-state index contributed by atoms with van der Waals surface area (Å²) in [6.45, 7) is 2.70. The number of nitrogens with zero attached hydrogens (tertiary/aromatic N) is 8. The van der Waals surface area contributed by atoms with Gasteiger partial charge in [-0.1, -0.05) is 23.7 Å². The van der Waals surface area contributed by atoms with Crippen LogP contribution in [0.5, 0.6) is 0 Å². The Bertz CT molecular complexity index is 2340. The summed E-state index contributed by atoms with van der Waals surface area (Å²) in [7, 11) is 5.45. The Morgan fingerprint density at radius 3 is 2.52 bits per heavy atom. The van der Waals surface area contributed by atoms with Crippen molar-refractivity contribution in [2.75, 3.05) is 80.5 Å². The van der Waals surface area contributed by atoms with E-state index in [9.17, 15) is 14.4 Å². The number of methoxy groups -OCH3 is 1. The number of ether oxygens (including phenoxy) is 1. The van der Waals surface area contributed by atoms with Gasteiger partial charge in [0.1, 0.15) is 0 Å². The Kier molecular flexibility index (Phi) is 11.3. The summed E-state index contributed by atoms with van der Waals surface area (Å²) >= 11 is 6.49. The largest absolute Gasteiger partial charge is 0.385 e. The number of fused-ring (bicyclic) bond motifs is 2. The maximum absolute atomic E-state index is 16.2. The van der Waals surface area contributed by atoms with Crippen molar-refractivity contribution in [3.63, 3.8) is 0 Å². The molecule has 324 valence electrons. The summed E-state index contributed by atoms with van der Waals surface area (Å²) in [5, 5.41) is 14.0. The highest BCUT2D eigenvalue weighted by atomic mass is 35.5. The van der Waals surface area contributed by atoms with Gasteiger partial charge in [-0.2, -0.15) is 0 Å². The number of rotatable bonds is 11. The molecule has 4 aliphatic heterocycles. The Labute approximate surface area is 358 Å². The van der Waals surface area contributed by atoms with Gasteiger partial charge in [0.05, 0.1) is 47.3 Å². The minimum Gasteiger partial charge on any atom is -0.385 e. The molecule has 6 heterocycles. The predicted molar refractivity (Wildman–Crippen MR) is 230 cm³/mol. The van der Waals surface area contributed by atoms with E-state index >= 15 is 8.78 Å². The average Bonchev–Trinajstić information content (AvgIpc) is 3.88. The molecular formula is C43H52ClF2N11O4. The molecule has 0 bridgehead atoms. The molecule has 2 aromatic heterocycles. The van der Waals surface area contributed by atoms with Crippen molar-refractivity contribution >= 4 is 63.7 Å². The number of benzene rings is 2. The average molecular weight is 860 g/mol. The number of amides is 4. The number of hydrogen-bond acceptors (Lipinski definition) is 11. The van der Waals surface area contributed by atoms with E-state index < -0.39 is 18.0 Å². The summed E-state index contributed by atoms with van der Waals surface area (Å²) in [6.07, 6.45) is 6.05. The third kappa shape index (κ3) is 7.85. The number of piperidine rings is 2. The van der Waals surface area contributed by atoms with Crippen LogP contribution in [0.15, 0.2) is 48.7 Å². The summed E-state index contributed by atoms with van der Waals surface area (Å²) in [5.41, 5.74) is 6.14. The first kappa shape index (κ1) is 41.3. The van der Waals surface area contributed by atoms with E-state index in [1.807, 2.05) is 60.3 Å². The van der Waals surface area contributed by atoms with Crippen molar-refractivity contribution in [1.82, 2.24) is 35.0 Å². The normalized spacial score (nSPS) is 23.5. The summed E-state index contributed by atoms with van der Waals surface area (Å²) in [4.78, 5) is 51.7. The first-order valence-electron chi connectivity index (χ1n) is 21.2. The van der Waals surface area contributed by atoms with Crippen molar-refractivity contribution in [1.29, 1.82) is 0 Å². The molecule has 18 heteroatoms. The highest BCUT2D eigenvalue weighted by molar-refractivity contribution is 6.34. The number of aromatic nitrogens is 3. The van der Waals surface area contributed by atoms with E-state index in [0.29, 0.717) is 67.0 Å². The molecule has 1 saturated carbocycles. The number of anilines is 5. The maximum Gasteiger partial charge on any atom is 0.328 e. The van der Waals surface area contributed by atoms with Gasteiger partial charge in [0.15, 0.2) is 17.2 Å². The summed E-state index contributed by atoms with van der Waals surface area (Å²) in [6, 6.07) is 12.3. The van der Waals surface area contributed by atoms with E-state index in [1.165, 1.54) is 4.90 Å². The molecule has 2 aromatic carbocycles. The number of halogens is 3. The SMILES string of the molecule is CNc1cc(N2CCc3c(CN4CCC(N5CCC(N(C)c6ccc(Cl)c(N7CCC(=O)NC7=O)c6)CC5)C(F)(F)C4)cccc32)nn2c(C(=O)NC3CC[C@H]3OC)cnc12. The van der Waals surface area contributed by atoms with Crippen LogP contribution < -0.4 is 30.7 Å². The molecule has 3 atom stereocenters. The van der Waals surface area contributed by atoms with Gasteiger partial charge in [0, 0.05) is 90.4 Å². The molecule has 4 amide bonds. The van der Waals surface area contributed by atoms with E-state index in [4.69, 9.17) is 21.4 Å². The molecule has 3 N–H and O–H groups in total. The molecule has 0 radical (unpaired) electrons. The first-order chi connectivity index (χ1) is 29.4. The van der Waals surface area contributed by atoms with Crippen LogP contribution >= 0.6 is 11.6 Å². The van der Waals surface area contributed by atoms with Crippen LogP contribution in [0.1, 0.15) is 60.1 Å². The summed E-state index contributed by atoms with van der Waals surface area (Å²) < 4.78 is 39.4. The van der Waals surface area contributed by atoms with Crippen molar-refractivity contribution in [3.05, 3.63) is 70.5 Å². The van der Waals surface area contributed by atoms with Crippen LogP contribution in [0.4, 0.5) is 42.1 Å². The number of carbonyl (C=O) groups is 3. The Morgan fingerprint density at radius 2 is 1.80 bits per heavy atom. The van der Waals surface area contributed by atoms with Crippen LogP contribution in [0, 0.1) is 0 Å². The zero-order chi connectivity index (χ0) is 42.6. The zero-order valence-corrected chi connectivity index (χ0v) is 35.4. The maximum atomic E-state index is 16.2. The Hall–Kier alpha value is -5.10. The van der Waals surface area contributed by atoms with E-state index in [1.54, 1.807) is 23.9 Å². The van der Waals surface area contributed by atoms with Gasteiger partial charge in [-0.25, -0.2) is 23.1 Å². The predicted octanol–water partition coefficient (Wildman–Crippen LogP) is 5.28. The lowest BCUT2D eigenvalue weighted by Gasteiger charge is -2.47. The molecule has 4 aromatic rings. The number of nitrogens with one attached hydrogen (secondary N) is 3. The smallest absolute Gasteiger partial charge is 0.328 e. The van der Waals surface area contributed by atoms with E-state index in [2.05, 4.69) is 30.7 Å². The zero-order valence-electron chi connectivity index (χ0n) is 34.7. The van der Waals surface area contributed by atoms with Gasteiger partial charge in [0.25, 0.3) is 11.8 Å². The molecule has 0 spiro atoms. The topological polar surface area (TPSA) is 143 Å². The van der Waals surface area contributed by atoms with Gasteiger partial charge < -0.3 is 25.2 Å². The quantitative estimate of drug-likeness (QED) is 0.181. The van der Waals surface area contributed by atoms with Crippen molar-refractivity contribution in [2.24, 2.45) is 0 Å². The van der Waals surface area contributed by atoms with Crippen LogP contribution in [-0.4, -0.2) is 133 Å². The fraction of sp³-hybridized carbons (Fsp3) is 0.512. The molecular weight excluding hydrogens is 808 g/mol. The summed E-state index contributed by atoms with van der Waals surface area (Å²) in [5.74, 6) is -2.80. The standard InChI is InChI=1S/C43H52ClF2N11O4/c1-47-32-22-38(51-57-35(23-48-40(32)57)41(59)49-31-9-10-36(31)61-3)55-19-13-29-26(5-4-6-33(29)55)24-53-16-14-37(43(45,46)25-53)54-17-11-27(12-18-54)52(2)28-7-8-30(44)34(21-28)56-20-15-39(58)50-42(56)60/h4-8,21-23,27,31,36-37,47H,9-20,24-25H2,1-3H3,(H,49,59)(H,50,58,60)/t31?,36-,37?/m1/s1. The molecule has 5 aliphatic rings. The number of hydrogen-bond donors (Lipinski definition) is 3. The highest BCUT2D eigenvalue weighted by Gasteiger charge is 2.48. The lowest BCUT2D eigenvalue weighted by molar-refractivity contribution is -0.132. The number of likely N-dealkylation sites (tertiary alicyclic amines) is 2. The Morgan fingerprint density at radius 1 is 1.00 bits per heavy atom. The third-order valence-electron chi connectivity index (χ3n) is 13.4. The number of alkyl halides is 2. The Balaban J connectivity index is 0.836. The van der Waals surface area contributed by atoms with Crippen LogP contribution in [-0.2, 0) is 22.5 Å². The molecule has 2 unspecified atom stereocenters. The highest BCUT2D eigenvalue weighted by Crippen LogP contribution is 2.40. The third-order valence-corrected chi connectivity index (χ3v) is 13.7. The molecule has 3 saturated heterocycles. The van der Waals surface area contributed by atoms with Gasteiger partial charge in [0.2, 0.25) is 5.91 Å².